The Bertz CT molecular complexity index is 862. The van der Waals surface area contributed by atoms with Gasteiger partial charge in [-0.2, -0.15) is 0 Å². The molecule has 0 aliphatic carbocycles. The van der Waals surface area contributed by atoms with Crippen LogP contribution in [0.1, 0.15) is 11.4 Å². The van der Waals surface area contributed by atoms with Gasteiger partial charge in [-0.3, -0.25) is 9.39 Å². The van der Waals surface area contributed by atoms with Crippen LogP contribution >= 0.6 is 24.0 Å². The highest BCUT2D eigenvalue weighted by molar-refractivity contribution is 14.0. The van der Waals surface area contributed by atoms with Gasteiger partial charge in [0.15, 0.2) is 11.6 Å². The third kappa shape index (κ3) is 5.81. The number of halogens is 1. The Kier molecular flexibility index (Phi) is 8.31. The molecule has 0 aliphatic rings. The third-order valence-electron chi connectivity index (χ3n) is 4.11. The molecule has 0 amide bonds. The zero-order valence-corrected chi connectivity index (χ0v) is 17.9. The van der Waals surface area contributed by atoms with E-state index in [-0.39, 0.29) is 24.0 Å². The van der Waals surface area contributed by atoms with Crippen molar-refractivity contribution in [1.29, 1.82) is 0 Å². The van der Waals surface area contributed by atoms with Crippen LogP contribution in [0.25, 0.3) is 5.65 Å². The van der Waals surface area contributed by atoms with Crippen LogP contribution in [0.3, 0.4) is 0 Å². The Morgan fingerprint density at radius 3 is 2.48 bits per heavy atom. The molecule has 144 valence electrons. The summed E-state index contributed by atoms with van der Waals surface area (Å²) in [4.78, 5) is 4.26. The van der Waals surface area contributed by atoms with Crippen molar-refractivity contribution in [2.45, 2.75) is 12.8 Å². The molecule has 0 radical (unpaired) electrons. The summed E-state index contributed by atoms with van der Waals surface area (Å²) in [7, 11) is 3.45. The van der Waals surface area contributed by atoms with Gasteiger partial charge in [0.2, 0.25) is 0 Å². The highest BCUT2D eigenvalue weighted by Crippen LogP contribution is 2.11. The van der Waals surface area contributed by atoms with Crippen LogP contribution in [0.15, 0.2) is 53.7 Å². The third-order valence-corrected chi connectivity index (χ3v) is 4.11. The summed E-state index contributed by atoms with van der Waals surface area (Å²) >= 11 is 0. The number of methoxy groups -OCH3 is 1. The van der Waals surface area contributed by atoms with Gasteiger partial charge in [-0.05, 0) is 36.2 Å². The lowest BCUT2D eigenvalue weighted by Gasteiger charge is -2.11. The Balaban J connectivity index is 0.00000261. The molecule has 2 aromatic heterocycles. The number of aromatic nitrogens is 3. The summed E-state index contributed by atoms with van der Waals surface area (Å²) in [5.74, 6) is 2.59. The lowest BCUT2D eigenvalue weighted by molar-refractivity contribution is 0.414. The fourth-order valence-electron chi connectivity index (χ4n) is 2.69. The standard InChI is InChI=1S/C19H24N6O.HI/c1-20-19(21-12-10-15-6-8-16(26-2)9-7-15)22-13-11-18-24-23-17-5-3-4-14-25(17)18;/h3-9,14H,10-13H2,1-2H3,(H2,20,21,22);1H. The number of pyridine rings is 1. The predicted molar refractivity (Wildman–Crippen MR) is 118 cm³/mol. The Morgan fingerprint density at radius 1 is 1.04 bits per heavy atom. The maximum atomic E-state index is 5.17. The van der Waals surface area contributed by atoms with Crippen LogP contribution in [-0.4, -0.2) is 47.8 Å². The minimum Gasteiger partial charge on any atom is -0.497 e. The van der Waals surface area contributed by atoms with Gasteiger partial charge in [0.1, 0.15) is 11.6 Å². The zero-order chi connectivity index (χ0) is 18.2. The molecule has 0 saturated heterocycles. The molecule has 0 atom stereocenters. The Hall–Kier alpha value is -2.36. The molecule has 7 nitrogen and oxygen atoms in total. The van der Waals surface area contributed by atoms with Crippen molar-refractivity contribution >= 4 is 35.6 Å². The summed E-state index contributed by atoms with van der Waals surface area (Å²) in [5, 5.41) is 15.0. The van der Waals surface area contributed by atoms with Gasteiger partial charge < -0.3 is 15.4 Å². The Morgan fingerprint density at radius 2 is 1.78 bits per heavy atom. The molecule has 1 aromatic carbocycles. The summed E-state index contributed by atoms with van der Waals surface area (Å²) in [6.45, 7) is 1.54. The van der Waals surface area contributed by atoms with Crippen molar-refractivity contribution in [2.75, 3.05) is 27.2 Å². The summed E-state index contributed by atoms with van der Waals surface area (Å²) in [5.41, 5.74) is 2.12. The van der Waals surface area contributed by atoms with Gasteiger partial charge in [-0.1, -0.05) is 18.2 Å². The number of benzene rings is 1. The second kappa shape index (κ2) is 10.7. The first kappa shape index (κ1) is 20.9. The summed E-state index contributed by atoms with van der Waals surface area (Å²) < 4.78 is 7.18. The van der Waals surface area contributed by atoms with Crippen molar-refractivity contribution in [1.82, 2.24) is 25.2 Å². The first-order valence-corrected chi connectivity index (χ1v) is 8.66. The van der Waals surface area contributed by atoms with E-state index in [2.05, 4.69) is 38.0 Å². The van der Waals surface area contributed by atoms with E-state index in [1.54, 1.807) is 14.2 Å². The normalized spacial score (nSPS) is 11.1. The first-order chi connectivity index (χ1) is 12.8. The smallest absolute Gasteiger partial charge is 0.191 e. The molecule has 3 rings (SSSR count). The van der Waals surface area contributed by atoms with Gasteiger partial charge in [0.25, 0.3) is 0 Å². The zero-order valence-electron chi connectivity index (χ0n) is 15.6. The van der Waals surface area contributed by atoms with E-state index in [1.165, 1.54) is 5.56 Å². The minimum atomic E-state index is 0. The lowest BCUT2D eigenvalue weighted by Crippen LogP contribution is -2.39. The second-order valence-corrected chi connectivity index (χ2v) is 5.82. The highest BCUT2D eigenvalue weighted by atomic mass is 127. The van der Waals surface area contributed by atoms with Crippen molar-refractivity contribution in [3.63, 3.8) is 0 Å². The van der Waals surface area contributed by atoms with Crippen LogP contribution in [0, 0.1) is 0 Å². The van der Waals surface area contributed by atoms with Gasteiger partial charge in [-0.15, -0.1) is 34.2 Å². The van der Waals surface area contributed by atoms with Crippen LogP contribution in [0.5, 0.6) is 5.75 Å². The number of nitrogens with zero attached hydrogens (tertiary/aromatic N) is 4. The van der Waals surface area contributed by atoms with Crippen molar-refractivity contribution in [3.8, 4) is 5.75 Å². The second-order valence-electron chi connectivity index (χ2n) is 5.82. The monoisotopic (exact) mass is 480 g/mol. The highest BCUT2D eigenvalue weighted by Gasteiger charge is 2.05. The van der Waals surface area contributed by atoms with E-state index in [0.717, 1.165) is 49.1 Å². The first-order valence-electron chi connectivity index (χ1n) is 8.66. The molecule has 0 saturated carbocycles. The number of hydrogen-bond acceptors (Lipinski definition) is 4. The number of fused-ring (bicyclic) bond motifs is 1. The summed E-state index contributed by atoms with van der Waals surface area (Å²) in [6.07, 6.45) is 3.66. The molecule has 8 heteroatoms. The van der Waals surface area contributed by atoms with Gasteiger partial charge >= 0.3 is 0 Å². The van der Waals surface area contributed by atoms with Gasteiger partial charge in [0.05, 0.1) is 7.11 Å². The molecular weight excluding hydrogens is 455 g/mol. The van der Waals surface area contributed by atoms with Crippen molar-refractivity contribution in [3.05, 3.63) is 60.0 Å². The molecule has 0 fully saturated rings. The topological polar surface area (TPSA) is 75.8 Å². The molecule has 3 aromatic rings. The number of guanidine groups is 1. The number of nitrogens with one attached hydrogen (secondary N) is 2. The average molecular weight is 480 g/mol. The van der Waals surface area contributed by atoms with Crippen LogP contribution in [0.2, 0.25) is 0 Å². The molecule has 2 N–H and O–H groups in total. The molecule has 0 aliphatic heterocycles. The minimum absolute atomic E-state index is 0. The molecule has 0 unspecified atom stereocenters. The number of ether oxygens (including phenoxy) is 1. The SMILES string of the molecule is CN=C(NCCc1ccc(OC)cc1)NCCc1nnc2ccccn12.I. The Labute approximate surface area is 176 Å². The maximum absolute atomic E-state index is 5.17. The van der Waals surface area contributed by atoms with E-state index in [9.17, 15) is 0 Å². The lowest BCUT2D eigenvalue weighted by atomic mass is 10.1. The predicted octanol–water partition coefficient (Wildman–Crippen LogP) is 2.31. The number of aliphatic imine (C=N–C) groups is 1. The van der Waals surface area contributed by atoms with Gasteiger partial charge in [0, 0.05) is 32.8 Å². The maximum Gasteiger partial charge on any atom is 0.191 e. The number of rotatable bonds is 7. The molecule has 0 bridgehead atoms. The largest absolute Gasteiger partial charge is 0.497 e. The number of hydrogen-bond donors (Lipinski definition) is 2. The molecular formula is C19H25IN6O. The molecule has 27 heavy (non-hydrogen) atoms. The van der Waals surface area contributed by atoms with Crippen molar-refractivity contribution in [2.24, 2.45) is 4.99 Å². The van der Waals surface area contributed by atoms with Crippen LogP contribution in [-0.2, 0) is 12.8 Å². The van der Waals surface area contributed by atoms with Crippen LogP contribution < -0.4 is 15.4 Å². The van der Waals surface area contributed by atoms with E-state index < -0.39 is 0 Å². The molecule has 0 spiro atoms. The quantitative estimate of drug-likeness (QED) is 0.309. The fourth-order valence-corrected chi connectivity index (χ4v) is 2.69. The average Bonchev–Trinajstić information content (AvgIpc) is 3.10. The van der Waals surface area contributed by atoms with E-state index in [1.807, 2.05) is 40.9 Å². The van der Waals surface area contributed by atoms with Crippen LogP contribution in [0.4, 0.5) is 0 Å². The fraction of sp³-hybridized carbons (Fsp3) is 0.316. The van der Waals surface area contributed by atoms with E-state index in [0.29, 0.717) is 0 Å². The van der Waals surface area contributed by atoms with E-state index >= 15 is 0 Å². The van der Waals surface area contributed by atoms with Crippen molar-refractivity contribution < 1.29 is 4.74 Å². The van der Waals surface area contributed by atoms with E-state index in [4.69, 9.17) is 4.74 Å². The molecule has 2 heterocycles. The van der Waals surface area contributed by atoms with Gasteiger partial charge in [-0.25, -0.2) is 0 Å². The summed E-state index contributed by atoms with van der Waals surface area (Å²) in [6, 6.07) is 14.0.